The Morgan fingerprint density at radius 1 is 1.11 bits per heavy atom. The average molecular weight is 254 g/mol. The summed E-state index contributed by atoms with van der Waals surface area (Å²) >= 11 is 0. The van der Waals surface area contributed by atoms with Crippen LogP contribution in [0.1, 0.15) is 35.3 Å². The molecule has 0 bridgehead atoms. The van der Waals surface area contributed by atoms with Crippen LogP contribution in [0.5, 0.6) is 0 Å². The summed E-state index contributed by atoms with van der Waals surface area (Å²) in [5, 5.41) is 3.02. The molecule has 1 amide bonds. The Bertz CT molecular complexity index is 552. The van der Waals surface area contributed by atoms with Crippen LogP contribution in [0, 0.1) is 0 Å². The van der Waals surface area contributed by atoms with Gasteiger partial charge in [-0.3, -0.25) is 4.79 Å². The van der Waals surface area contributed by atoms with Gasteiger partial charge in [0.25, 0.3) is 5.91 Å². The van der Waals surface area contributed by atoms with Crippen LogP contribution in [0.25, 0.3) is 0 Å². The van der Waals surface area contributed by atoms with Gasteiger partial charge in [-0.2, -0.15) is 0 Å². The molecule has 0 aliphatic heterocycles. The molecule has 0 fully saturated rings. The minimum atomic E-state index is -0.131. The van der Waals surface area contributed by atoms with Crippen LogP contribution >= 0.6 is 0 Å². The van der Waals surface area contributed by atoms with Gasteiger partial charge in [0.1, 0.15) is 0 Å². The zero-order valence-electron chi connectivity index (χ0n) is 11.0. The van der Waals surface area contributed by atoms with Crippen molar-refractivity contribution < 1.29 is 4.79 Å². The number of carbonyl (C=O) groups is 1. The highest BCUT2D eigenvalue weighted by molar-refractivity contribution is 5.99. The van der Waals surface area contributed by atoms with E-state index in [4.69, 9.17) is 5.73 Å². The molecule has 0 radical (unpaired) electrons. The summed E-state index contributed by atoms with van der Waals surface area (Å²) in [6.45, 7) is 2.05. The zero-order chi connectivity index (χ0) is 13.7. The normalized spacial score (nSPS) is 11.8. The van der Waals surface area contributed by atoms with E-state index >= 15 is 0 Å². The standard InChI is InChI=1S/C16H18N2O/c1-2-15(12-8-4-3-5-9-12)18-16(19)13-10-6-7-11-14(13)17/h3-11,15H,2,17H2,1H3,(H,18,19)/t15-/m0/s1. The summed E-state index contributed by atoms with van der Waals surface area (Å²) in [4.78, 5) is 12.2. The van der Waals surface area contributed by atoms with Gasteiger partial charge in [-0.1, -0.05) is 49.4 Å². The second-order valence-electron chi connectivity index (χ2n) is 4.43. The van der Waals surface area contributed by atoms with Crippen molar-refractivity contribution >= 4 is 11.6 Å². The largest absolute Gasteiger partial charge is 0.398 e. The van der Waals surface area contributed by atoms with Gasteiger partial charge in [0.15, 0.2) is 0 Å². The molecule has 1 atom stereocenters. The van der Waals surface area contributed by atoms with Crippen LogP contribution in [0.15, 0.2) is 54.6 Å². The molecule has 3 N–H and O–H groups in total. The van der Waals surface area contributed by atoms with Gasteiger partial charge in [-0.15, -0.1) is 0 Å². The number of para-hydroxylation sites is 1. The number of anilines is 1. The van der Waals surface area contributed by atoms with Crippen LogP contribution < -0.4 is 11.1 Å². The summed E-state index contributed by atoms with van der Waals surface area (Å²) in [6, 6.07) is 17.1. The van der Waals surface area contributed by atoms with Crippen LogP contribution in [-0.4, -0.2) is 5.91 Å². The molecule has 3 nitrogen and oxygen atoms in total. The van der Waals surface area contributed by atoms with E-state index in [0.29, 0.717) is 11.3 Å². The van der Waals surface area contributed by atoms with Crippen LogP contribution in [0.2, 0.25) is 0 Å². The summed E-state index contributed by atoms with van der Waals surface area (Å²) < 4.78 is 0. The van der Waals surface area contributed by atoms with Crippen molar-refractivity contribution in [3.8, 4) is 0 Å². The highest BCUT2D eigenvalue weighted by atomic mass is 16.1. The Balaban J connectivity index is 2.16. The predicted molar refractivity (Wildman–Crippen MR) is 77.8 cm³/mol. The third-order valence-corrected chi connectivity index (χ3v) is 3.12. The highest BCUT2D eigenvalue weighted by Gasteiger charge is 2.15. The molecular formula is C16H18N2O. The number of nitrogens with two attached hydrogens (primary N) is 1. The molecule has 3 heteroatoms. The van der Waals surface area contributed by atoms with Crippen molar-refractivity contribution in [2.75, 3.05) is 5.73 Å². The van der Waals surface area contributed by atoms with E-state index in [9.17, 15) is 4.79 Å². The Morgan fingerprint density at radius 2 is 1.74 bits per heavy atom. The number of nitrogens with one attached hydrogen (secondary N) is 1. The van der Waals surface area contributed by atoms with Crippen molar-refractivity contribution in [3.63, 3.8) is 0 Å². The fraction of sp³-hybridized carbons (Fsp3) is 0.188. The van der Waals surface area contributed by atoms with Gasteiger partial charge in [-0.25, -0.2) is 0 Å². The van der Waals surface area contributed by atoms with E-state index in [1.807, 2.05) is 49.4 Å². The van der Waals surface area contributed by atoms with E-state index in [1.165, 1.54) is 0 Å². The number of hydrogen-bond donors (Lipinski definition) is 2. The van der Waals surface area contributed by atoms with Gasteiger partial charge in [-0.05, 0) is 24.1 Å². The molecule has 0 aliphatic carbocycles. The minimum absolute atomic E-state index is 0.00769. The summed E-state index contributed by atoms with van der Waals surface area (Å²) in [7, 11) is 0. The number of carbonyl (C=O) groups excluding carboxylic acids is 1. The number of hydrogen-bond acceptors (Lipinski definition) is 2. The van der Waals surface area contributed by atoms with Crippen LogP contribution in [-0.2, 0) is 0 Å². The van der Waals surface area contributed by atoms with E-state index in [1.54, 1.807) is 12.1 Å². The van der Waals surface area contributed by atoms with Gasteiger partial charge < -0.3 is 11.1 Å². The topological polar surface area (TPSA) is 55.1 Å². The molecule has 0 saturated carbocycles. The first-order valence-electron chi connectivity index (χ1n) is 6.42. The summed E-state index contributed by atoms with van der Waals surface area (Å²) in [5.41, 5.74) is 7.95. The molecule has 2 aromatic rings. The highest BCUT2D eigenvalue weighted by Crippen LogP contribution is 2.18. The molecule has 0 saturated heterocycles. The van der Waals surface area contributed by atoms with Crippen molar-refractivity contribution in [2.45, 2.75) is 19.4 Å². The molecule has 0 heterocycles. The van der Waals surface area contributed by atoms with E-state index < -0.39 is 0 Å². The van der Waals surface area contributed by atoms with E-state index in [-0.39, 0.29) is 11.9 Å². The quantitative estimate of drug-likeness (QED) is 0.823. The second-order valence-corrected chi connectivity index (χ2v) is 4.43. The summed E-state index contributed by atoms with van der Waals surface area (Å²) in [5.74, 6) is -0.131. The molecular weight excluding hydrogens is 236 g/mol. The molecule has 0 spiro atoms. The van der Waals surface area contributed by atoms with Crippen molar-refractivity contribution in [3.05, 3.63) is 65.7 Å². The second kappa shape index (κ2) is 6.05. The molecule has 0 unspecified atom stereocenters. The molecule has 0 aliphatic rings. The van der Waals surface area contributed by atoms with Gasteiger partial charge >= 0.3 is 0 Å². The smallest absolute Gasteiger partial charge is 0.253 e. The number of amides is 1. The lowest BCUT2D eigenvalue weighted by Crippen LogP contribution is -2.28. The van der Waals surface area contributed by atoms with Crippen LogP contribution in [0.4, 0.5) is 5.69 Å². The first-order chi connectivity index (χ1) is 9.22. The first-order valence-corrected chi connectivity index (χ1v) is 6.42. The maximum atomic E-state index is 12.2. The lowest BCUT2D eigenvalue weighted by molar-refractivity contribution is 0.0936. The van der Waals surface area contributed by atoms with E-state index in [2.05, 4.69) is 5.32 Å². The lowest BCUT2D eigenvalue weighted by atomic mass is 10.0. The van der Waals surface area contributed by atoms with Crippen molar-refractivity contribution in [2.24, 2.45) is 0 Å². The Morgan fingerprint density at radius 3 is 2.37 bits per heavy atom. The Hall–Kier alpha value is -2.29. The number of nitrogen functional groups attached to an aromatic ring is 1. The third kappa shape index (κ3) is 3.13. The maximum absolute atomic E-state index is 12.2. The minimum Gasteiger partial charge on any atom is -0.398 e. The van der Waals surface area contributed by atoms with Crippen LogP contribution in [0.3, 0.4) is 0 Å². The SMILES string of the molecule is CC[C@H](NC(=O)c1ccccc1N)c1ccccc1. The van der Waals surface area contributed by atoms with Gasteiger partial charge in [0, 0.05) is 5.69 Å². The first kappa shape index (κ1) is 13.1. The van der Waals surface area contributed by atoms with E-state index in [0.717, 1.165) is 12.0 Å². The number of rotatable bonds is 4. The fourth-order valence-electron chi connectivity index (χ4n) is 2.05. The summed E-state index contributed by atoms with van der Waals surface area (Å²) in [6.07, 6.45) is 0.836. The van der Waals surface area contributed by atoms with Gasteiger partial charge in [0.2, 0.25) is 0 Å². The molecule has 98 valence electrons. The third-order valence-electron chi connectivity index (χ3n) is 3.12. The average Bonchev–Trinajstić information content (AvgIpc) is 2.46. The lowest BCUT2D eigenvalue weighted by Gasteiger charge is -2.18. The number of benzene rings is 2. The Kier molecular flexibility index (Phi) is 4.18. The predicted octanol–water partition coefficient (Wildman–Crippen LogP) is 3.15. The molecule has 2 rings (SSSR count). The fourth-order valence-corrected chi connectivity index (χ4v) is 2.05. The van der Waals surface area contributed by atoms with Crippen molar-refractivity contribution in [1.82, 2.24) is 5.32 Å². The Labute approximate surface area is 113 Å². The van der Waals surface area contributed by atoms with Gasteiger partial charge in [0.05, 0.1) is 11.6 Å². The zero-order valence-corrected chi connectivity index (χ0v) is 11.0. The monoisotopic (exact) mass is 254 g/mol. The van der Waals surface area contributed by atoms with Crippen molar-refractivity contribution in [1.29, 1.82) is 0 Å². The maximum Gasteiger partial charge on any atom is 0.253 e. The molecule has 19 heavy (non-hydrogen) atoms. The molecule has 0 aromatic heterocycles. The molecule has 2 aromatic carbocycles.